The van der Waals surface area contributed by atoms with E-state index in [1.54, 1.807) is 19.2 Å². The molecule has 0 radical (unpaired) electrons. The van der Waals surface area contributed by atoms with E-state index >= 15 is 0 Å². The van der Waals surface area contributed by atoms with Gasteiger partial charge in [0.2, 0.25) is 15.9 Å². The zero-order chi connectivity index (χ0) is 38.4. The van der Waals surface area contributed by atoms with Gasteiger partial charge in [-0.05, 0) is 45.7 Å². The zero-order valence-corrected chi connectivity index (χ0v) is 32.6. The predicted molar refractivity (Wildman–Crippen MR) is 201 cm³/mol. The summed E-state index contributed by atoms with van der Waals surface area (Å²) in [6.45, 7) is 6.79. The van der Waals surface area contributed by atoms with Gasteiger partial charge in [0.25, 0.3) is 18.2 Å². The van der Waals surface area contributed by atoms with Crippen molar-refractivity contribution < 1.29 is 39.2 Å². The molecule has 0 aromatic heterocycles. The molecular formula is C36H42F3N3O6S3Si. The van der Waals surface area contributed by atoms with E-state index in [4.69, 9.17) is 9.56 Å². The molecule has 4 aromatic rings. The Morgan fingerprint density at radius 2 is 1.38 bits per heavy atom. The number of nitrogens with one attached hydrogen (secondary N) is 1. The maximum absolute atomic E-state index is 13.8. The van der Waals surface area contributed by atoms with E-state index in [1.807, 2.05) is 54.6 Å². The molecule has 0 aliphatic heterocycles. The average molecular weight is 794 g/mol. The van der Waals surface area contributed by atoms with Crippen molar-refractivity contribution >= 4 is 61.9 Å². The van der Waals surface area contributed by atoms with E-state index < -0.39 is 55.2 Å². The number of carbonyl (C=O) groups is 1. The van der Waals surface area contributed by atoms with Crippen LogP contribution in [-0.4, -0.2) is 73.5 Å². The second-order valence-electron chi connectivity index (χ2n) is 13.1. The topological polar surface area (TPSA) is 136 Å². The molecule has 0 bridgehead atoms. The Hall–Kier alpha value is -3.67. The van der Waals surface area contributed by atoms with Crippen molar-refractivity contribution in [2.45, 2.75) is 58.5 Å². The van der Waals surface area contributed by atoms with Crippen LogP contribution in [0.25, 0.3) is 0 Å². The molecule has 0 aliphatic rings. The third kappa shape index (κ3) is 9.65. The van der Waals surface area contributed by atoms with E-state index in [2.05, 4.69) is 50.4 Å². The summed E-state index contributed by atoms with van der Waals surface area (Å²) < 4.78 is 97.4. The van der Waals surface area contributed by atoms with E-state index in [1.165, 1.54) is 16.7 Å². The largest absolute Gasteiger partial charge is 0.501 e. The van der Waals surface area contributed by atoms with E-state index in [0.29, 0.717) is 6.07 Å². The summed E-state index contributed by atoms with van der Waals surface area (Å²) in [6.07, 6.45) is -0.238. The lowest BCUT2D eigenvalue weighted by Crippen LogP contribution is -2.67. The van der Waals surface area contributed by atoms with Crippen LogP contribution in [0.5, 0.6) is 0 Å². The second-order valence-corrected chi connectivity index (χ2v) is 22.0. The Morgan fingerprint density at radius 1 is 0.865 bits per heavy atom. The van der Waals surface area contributed by atoms with Crippen molar-refractivity contribution in [2.75, 3.05) is 31.3 Å². The van der Waals surface area contributed by atoms with Gasteiger partial charge < -0.3 is 14.6 Å². The highest BCUT2D eigenvalue weighted by molar-refractivity contribution is 7.99. The molecule has 16 heteroatoms. The monoisotopic (exact) mass is 793 g/mol. The Balaban J connectivity index is 1.61. The van der Waals surface area contributed by atoms with Crippen molar-refractivity contribution in [2.24, 2.45) is 5.14 Å². The summed E-state index contributed by atoms with van der Waals surface area (Å²) in [7, 11) is -11.9. The minimum atomic E-state index is -6.03. The normalized spacial score (nSPS) is 13.4. The van der Waals surface area contributed by atoms with Crippen LogP contribution in [0.4, 0.5) is 18.9 Å². The van der Waals surface area contributed by atoms with Crippen LogP contribution >= 0.6 is 11.8 Å². The van der Waals surface area contributed by atoms with Gasteiger partial charge in [0, 0.05) is 36.7 Å². The van der Waals surface area contributed by atoms with E-state index in [9.17, 15) is 34.8 Å². The number of nitrogens with two attached hydrogens (primary N) is 1. The molecule has 0 saturated carbocycles. The fourth-order valence-electron chi connectivity index (χ4n) is 5.82. The van der Waals surface area contributed by atoms with E-state index in [-0.39, 0.29) is 36.3 Å². The van der Waals surface area contributed by atoms with Gasteiger partial charge in [-0.2, -0.15) is 13.2 Å². The number of hydrogen-bond acceptors (Lipinski definition) is 8. The predicted octanol–water partition coefficient (Wildman–Crippen LogP) is 5.63. The first-order valence-electron chi connectivity index (χ1n) is 16.2. The Morgan fingerprint density at radius 3 is 1.87 bits per heavy atom. The molecule has 4 rings (SSSR count). The molecule has 0 spiro atoms. The van der Waals surface area contributed by atoms with Gasteiger partial charge in [-0.1, -0.05) is 99.6 Å². The van der Waals surface area contributed by atoms with Gasteiger partial charge >= 0.3 is 5.51 Å². The number of anilines is 1. The number of rotatable bonds is 15. The van der Waals surface area contributed by atoms with Gasteiger partial charge in [-0.25, -0.2) is 22.0 Å². The highest BCUT2D eigenvalue weighted by atomic mass is 32.2. The quantitative estimate of drug-likeness (QED) is 0.117. The third-order valence-corrected chi connectivity index (χ3v) is 17.1. The van der Waals surface area contributed by atoms with Crippen molar-refractivity contribution in [3.05, 3.63) is 109 Å². The molecule has 0 saturated heterocycles. The molecule has 280 valence electrons. The van der Waals surface area contributed by atoms with Gasteiger partial charge in [0.1, 0.15) is 4.90 Å². The standard InChI is InChI=1S/C36H42F3N3O6S3Si/c1-35(2,3)52(30-16-10-6-11-17-30,31-18-12-7-13-19-31)48-23-22-42(4)34(43)24-27(26-49-28-14-8-5-9-15-28)41-32-21-20-29(51(40,46)47)25-33(32)50(44,45)36(37,38)39/h5-21,25,27,41H,22-24,26H2,1-4H3,(H2,40,46,47)/t27-/m1/s1. The molecule has 0 aliphatic carbocycles. The molecule has 1 atom stereocenters. The molecule has 1 amide bonds. The third-order valence-electron chi connectivity index (χ3n) is 8.44. The number of thioether (sulfide) groups is 1. The van der Waals surface area contributed by atoms with Crippen molar-refractivity contribution in [3.63, 3.8) is 0 Å². The van der Waals surface area contributed by atoms with Gasteiger partial charge in [-0.3, -0.25) is 4.79 Å². The summed E-state index contributed by atoms with van der Waals surface area (Å²) in [6, 6.07) is 30.4. The molecule has 0 unspecified atom stereocenters. The lowest BCUT2D eigenvalue weighted by Gasteiger charge is -2.43. The fraction of sp³-hybridized carbons (Fsp3) is 0.306. The summed E-state index contributed by atoms with van der Waals surface area (Å²) in [5.74, 6) is -0.233. The van der Waals surface area contributed by atoms with Gasteiger partial charge in [0.15, 0.2) is 0 Å². The lowest BCUT2D eigenvalue weighted by atomic mass is 10.2. The maximum atomic E-state index is 13.8. The molecule has 9 nitrogen and oxygen atoms in total. The number of benzene rings is 4. The smallest absolute Gasteiger partial charge is 0.406 e. The number of halogens is 3. The fourth-order valence-corrected chi connectivity index (χ4v) is 12.9. The van der Waals surface area contributed by atoms with Crippen LogP contribution in [0.3, 0.4) is 0 Å². The van der Waals surface area contributed by atoms with Crippen molar-refractivity contribution in [1.82, 2.24) is 4.90 Å². The first-order valence-corrected chi connectivity index (χ1v) is 22.1. The van der Waals surface area contributed by atoms with Crippen LogP contribution in [0.1, 0.15) is 27.2 Å². The van der Waals surface area contributed by atoms with Crippen LogP contribution in [-0.2, 0) is 29.1 Å². The number of likely N-dealkylation sites (N-methyl/N-ethyl adjacent to an activating group) is 1. The SMILES string of the molecule is CN(CCO[Si](c1ccccc1)(c1ccccc1)C(C)(C)C)C(=O)C[C@H](CSc1ccccc1)Nc1ccc(S(N)(=O)=O)cc1S(=O)(=O)C(F)(F)F. The van der Waals surface area contributed by atoms with Crippen molar-refractivity contribution in [3.8, 4) is 0 Å². The number of hydrogen-bond donors (Lipinski definition) is 2. The average Bonchev–Trinajstić information content (AvgIpc) is 3.08. The Kier molecular flexibility index (Phi) is 13.1. The molecule has 0 heterocycles. The molecule has 4 aromatic carbocycles. The van der Waals surface area contributed by atoms with Gasteiger partial charge in [0.05, 0.1) is 17.2 Å². The summed E-state index contributed by atoms with van der Waals surface area (Å²) in [4.78, 5) is 13.9. The number of sulfone groups is 1. The number of carbonyl (C=O) groups excluding carboxylic acids is 1. The summed E-state index contributed by atoms with van der Waals surface area (Å²) >= 11 is 1.31. The highest BCUT2D eigenvalue weighted by Gasteiger charge is 2.50. The molecule has 0 fully saturated rings. The first-order chi connectivity index (χ1) is 24.3. The molecular weight excluding hydrogens is 752 g/mol. The van der Waals surface area contributed by atoms with Crippen molar-refractivity contribution in [1.29, 1.82) is 0 Å². The maximum Gasteiger partial charge on any atom is 0.501 e. The molecule has 3 N–H and O–H groups in total. The zero-order valence-electron chi connectivity index (χ0n) is 29.1. The number of primary sulfonamides is 1. The lowest BCUT2D eigenvalue weighted by molar-refractivity contribution is -0.130. The molecule has 52 heavy (non-hydrogen) atoms. The Labute approximate surface area is 308 Å². The van der Waals surface area contributed by atoms with Crippen LogP contribution in [0.2, 0.25) is 5.04 Å². The van der Waals surface area contributed by atoms with E-state index in [0.717, 1.165) is 27.4 Å². The van der Waals surface area contributed by atoms with Gasteiger partial charge in [-0.15, -0.1) is 11.8 Å². The summed E-state index contributed by atoms with van der Waals surface area (Å²) in [5, 5.41) is 9.76. The number of alkyl halides is 3. The van der Waals surface area contributed by atoms with Crippen LogP contribution in [0, 0.1) is 0 Å². The van der Waals surface area contributed by atoms with Crippen LogP contribution in [0.15, 0.2) is 124 Å². The minimum Gasteiger partial charge on any atom is -0.406 e. The highest BCUT2D eigenvalue weighted by Crippen LogP contribution is 2.38. The summed E-state index contributed by atoms with van der Waals surface area (Å²) in [5.41, 5.74) is -6.26. The minimum absolute atomic E-state index is 0.143. The number of sulfonamides is 1. The van der Waals surface area contributed by atoms with Crippen LogP contribution < -0.4 is 20.8 Å². The Bertz CT molecular complexity index is 1990. The number of amides is 1. The second kappa shape index (κ2) is 16.6. The number of nitrogens with zero attached hydrogens (tertiary/aromatic N) is 1. The first kappa shape index (κ1) is 41.1.